The number of esters is 1. The molecule has 0 saturated carbocycles. The molecule has 0 aromatic carbocycles. The van der Waals surface area contributed by atoms with Gasteiger partial charge in [0.2, 0.25) is 5.60 Å². The smallest absolute Gasteiger partial charge is 0.343 e. The molecule has 0 spiro atoms. The largest absolute Gasteiger partial charge is 0.467 e. The van der Waals surface area contributed by atoms with Crippen LogP contribution in [0.3, 0.4) is 0 Å². The normalized spacial score (nSPS) is 40.5. The van der Waals surface area contributed by atoms with Gasteiger partial charge in [-0.2, -0.15) is 0 Å². The Labute approximate surface area is 92.8 Å². The molecular formula is C9H16O5S. The number of carbonyl (C=O) groups excluding carboxylic acids is 1. The molecule has 1 saturated heterocycles. The zero-order chi connectivity index (χ0) is 11.6. The van der Waals surface area contributed by atoms with E-state index in [9.17, 15) is 15.0 Å². The van der Waals surface area contributed by atoms with E-state index in [0.29, 0.717) is 0 Å². The van der Waals surface area contributed by atoms with Crippen LogP contribution in [0, 0.1) is 0 Å². The number of aliphatic hydroxyl groups excluding tert-OH is 1. The third kappa shape index (κ3) is 1.99. The summed E-state index contributed by atoms with van der Waals surface area (Å²) in [6, 6.07) is 0. The molecule has 1 rings (SSSR count). The number of hydrogen-bond donors (Lipinski definition) is 2. The van der Waals surface area contributed by atoms with E-state index in [0.717, 1.165) is 5.75 Å². The second-order valence-corrected chi connectivity index (χ2v) is 4.74. The molecule has 1 heterocycles. The van der Waals surface area contributed by atoms with Crippen molar-refractivity contribution in [3.8, 4) is 0 Å². The van der Waals surface area contributed by atoms with Crippen LogP contribution in [0.4, 0.5) is 0 Å². The van der Waals surface area contributed by atoms with E-state index in [2.05, 4.69) is 4.74 Å². The molecule has 6 heteroatoms. The van der Waals surface area contributed by atoms with Gasteiger partial charge in [-0.05, 0) is 12.7 Å². The lowest BCUT2D eigenvalue weighted by Crippen LogP contribution is -2.54. The van der Waals surface area contributed by atoms with Gasteiger partial charge in [0, 0.05) is 0 Å². The zero-order valence-corrected chi connectivity index (χ0v) is 9.78. The second kappa shape index (κ2) is 4.69. The van der Waals surface area contributed by atoms with Crippen molar-refractivity contribution >= 4 is 17.7 Å². The molecule has 4 atom stereocenters. The van der Waals surface area contributed by atoms with E-state index in [-0.39, 0.29) is 0 Å². The van der Waals surface area contributed by atoms with Gasteiger partial charge in [0.25, 0.3) is 0 Å². The van der Waals surface area contributed by atoms with Crippen LogP contribution in [0.5, 0.6) is 0 Å². The summed E-state index contributed by atoms with van der Waals surface area (Å²) >= 11 is 1.34. The van der Waals surface area contributed by atoms with Gasteiger partial charge >= 0.3 is 5.97 Å². The van der Waals surface area contributed by atoms with Gasteiger partial charge in [-0.3, -0.25) is 0 Å². The van der Waals surface area contributed by atoms with Crippen LogP contribution in [0.2, 0.25) is 0 Å². The lowest BCUT2D eigenvalue weighted by Gasteiger charge is -2.25. The molecule has 1 aliphatic rings. The van der Waals surface area contributed by atoms with Crippen LogP contribution < -0.4 is 0 Å². The van der Waals surface area contributed by atoms with Crippen LogP contribution in [0.15, 0.2) is 0 Å². The molecule has 1 unspecified atom stereocenters. The Morgan fingerprint density at radius 3 is 2.73 bits per heavy atom. The highest BCUT2D eigenvalue weighted by atomic mass is 32.2. The maximum absolute atomic E-state index is 11.4. The SMILES string of the molecule is CCSC1O[C@@H](C)[C@](O)(C(=O)OC)[C@@H]1O. The molecule has 0 aromatic rings. The lowest BCUT2D eigenvalue weighted by atomic mass is 9.94. The maximum atomic E-state index is 11.4. The fraction of sp³-hybridized carbons (Fsp3) is 0.889. The van der Waals surface area contributed by atoms with E-state index in [1.54, 1.807) is 0 Å². The standard InChI is InChI=1S/C9H16O5S/c1-4-15-7-6(10)9(12,5(2)14-7)8(11)13-3/h5-7,10,12H,4H2,1-3H3/t5-,6+,7?,9+/m0/s1. The molecule has 2 N–H and O–H groups in total. The summed E-state index contributed by atoms with van der Waals surface area (Å²) in [6.45, 7) is 3.44. The quantitative estimate of drug-likeness (QED) is 0.658. The van der Waals surface area contributed by atoms with Gasteiger partial charge in [0.1, 0.15) is 11.5 Å². The van der Waals surface area contributed by atoms with Crippen molar-refractivity contribution in [1.29, 1.82) is 0 Å². The lowest BCUT2D eigenvalue weighted by molar-refractivity contribution is -0.175. The summed E-state index contributed by atoms with van der Waals surface area (Å²) in [6.07, 6.45) is -2.03. The molecule has 0 aromatic heterocycles. The Balaban J connectivity index is 2.86. The van der Waals surface area contributed by atoms with Crippen molar-refractivity contribution in [2.45, 2.75) is 37.1 Å². The number of methoxy groups -OCH3 is 1. The van der Waals surface area contributed by atoms with E-state index in [4.69, 9.17) is 4.74 Å². The Morgan fingerprint density at radius 1 is 1.67 bits per heavy atom. The highest BCUT2D eigenvalue weighted by Crippen LogP contribution is 2.37. The Bertz CT molecular complexity index is 247. The molecule has 88 valence electrons. The number of rotatable bonds is 3. The van der Waals surface area contributed by atoms with Crippen LogP contribution in [0.25, 0.3) is 0 Å². The van der Waals surface area contributed by atoms with Gasteiger partial charge in [0.15, 0.2) is 0 Å². The number of ether oxygens (including phenoxy) is 2. The highest BCUT2D eigenvalue weighted by Gasteiger charge is 2.59. The Kier molecular flexibility index (Phi) is 3.99. The fourth-order valence-corrected chi connectivity index (χ4v) is 2.54. The summed E-state index contributed by atoms with van der Waals surface area (Å²) in [7, 11) is 1.17. The van der Waals surface area contributed by atoms with Gasteiger partial charge in [-0.1, -0.05) is 6.92 Å². The summed E-state index contributed by atoms with van der Waals surface area (Å²) in [5.74, 6) is -0.132. The summed E-state index contributed by atoms with van der Waals surface area (Å²) < 4.78 is 9.78. The van der Waals surface area contributed by atoms with E-state index < -0.39 is 29.2 Å². The highest BCUT2D eigenvalue weighted by molar-refractivity contribution is 7.99. The predicted octanol–water partition coefficient (Wildman–Crippen LogP) is -0.251. The third-order valence-corrected chi connectivity index (χ3v) is 3.54. The molecule has 1 fully saturated rings. The van der Waals surface area contributed by atoms with Crippen molar-refractivity contribution in [2.24, 2.45) is 0 Å². The van der Waals surface area contributed by atoms with Gasteiger partial charge in [-0.15, -0.1) is 11.8 Å². The van der Waals surface area contributed by atoms with Crippen molar-refractivity contribution in [3.05, 3.63) is 0 Å². The number of thioether (sulfide) groups is 1. The predicted molar refractivity (Wildman–Crippen MR) is 55.4 cm³/mol. The number of aliphatic hydroxyl groups is 2. The minimum atomic E-state index is -1.96. The number of hydrogen-bond acceptors (Lipinski definition) is 6. The molecular weight excluding hydrogens is 220 g/mol. The van der Waals surface area contributed by atoms with Crippen LogP contribution in [-0.2, 0) is 14.3 Å². The molecule has 0 aliphatic carbocycles. The molecule has 0 radical (unpaired) electrons. The van der Waals surface area contributed by atoms with Crippen molar-refractivity contribution in [3.63, 3.8) is 0 Å². The molecule has 0 bridgehead atoms. The van der Waals surface area contributed by atoms with E-state index >= 15 is 0 Å². The first-order valence-corrected chi connectivity index (χ1v) is 5.79. The minimum Gasteiger partial charge on any atom is -0.467 e. The van der Waals surface area contributed by atoms with Crippen LogP contribution >= 0.6 is 11.8 Å². The number of carbonyl (C=O) groups is 1. The molecule has 15 heavy (non-hydrogen) atoms. The first-order chi connectivity index (χ1) is 6.98. The van der Waals surface area contributed by atoms with Gasteiger partial charge in [-0.25, -0.2) is 4.79 Å². The zero-order valence-electron chi connectivity index (χ0n) is 8.97. The average molecular weight is 236 g/mol. The monoisotopic (exact) mass is 236 g/mol. The summed E-state index contributed by atoms with van der Waals surface area (Å²) in [5, 5.41) is 19.8. The minimum absolute atomic E-state index is 0.589. The topological polar surface area (TPSA) is 76.0 Å². The Morgan fingerprint density at radius 2 is 2.27 bits per heavy atom. The third-order valence-electron chi connectivity index (χ3n) is 2.51. The van der Waals surface area contributed by atoms with Gasteiger partial charge in [0.05, 0.1) is 13.2 Å². The first-order valence-electron chi connectivity index (χ1n) is 4.74. The fourth-order valence-electron chi connectivity index (χ4n) is 1.57. The first kappa shape index (κ1) is 12.8. The Hall–Kier alpha value is -0.300. The van der Waals surface area contributed by atoms with Crippen LogP contribution in [-0.4, -0.2) is 52.3 Å². The van der Waals surface area contributed by atoms with Crippen molar-refractivity contribution in [2.75, 3.05) is 12.9 Å². The van der Waals surface area contributed by atoms with Crippen molar-refractivity contribution < 1.29 is 24.5 Å². The molecule has 0 amide bonds. The summed E-state index contributed by atoms with van der Waals surface area (Å²) in [5.41, 5.74) is -2.55. The van der Waals surface area contributed by atoms with Gasteiger partial charge < -0.3 is 19.7 Å². The second-order valence-electron chi connectivity index (χ2n) is 3.36. The maximum Gasteiger partial charge on any atom is 0.343 e. The van der Waals surface area contributed by atoms with Crippen LogP contribution in [0.1, 0.15) is 13.8 Å². The summed E-state index contributed by atoms with van der Waals surface area (Å²) in [4.78, 5) is 11.4. The van der Waals surface area contributed by atoms with E-state index in [1.165, 1.54) is 25.8 Å². The van der Waals surface area contributed by atoms with Crippen molar-refractivity contribution in [1.82, 2.24) is 0 Å². The molecule has 1 aliphatic heterocycles. The van der Waals surface area contributed by atoms with E-state index in [1.807, 2.05) is 6.92 Å². The average Bonchev–Trinajstić information content (AvgIpc) is 2.44. The molecule has 5 nitrogen and oxygen atoms in total.